The second-order valence-corrected chi connectivity index (χ2v) is 9.61. The first kappa shape index (κ1) is 18.2. The van der Waals surface area contributed by atoms with Crippen molar-refractivity contribution in [1.82, 2.24) is 9.80 Å². The van der Waals surface area contributed by atoms with Gasteiger partial charge in [0.15, 0.2) is 9.84 Å². The van der Waals surface area contributed by atoms with E-state index in [0.717, 1.165) is 5.56 Å². The van der Waals surface area contributed by atoms with Gasteiger partial charge in [0.25, 0.3) is 0 Å². The summed E-state index contributed by atoms with van der Waals surface area (Å²) in [6, 6.07) is 18.3. The van der Waals surface area contributed by atoms with Gasteiger partial charge in [-0.3, -0.25) is 9.69 Å². The van der Waals surface area contributed by atoms with Crippen LogP contribution in [0.4, 0.5) is 0 Å². The molecule has 0 aliphatic carbocycles. The number of hydrogen-bond acceptors (Lipinski definition) is 4. The SMILES string of the molecule is CC(=O)N1CCN(Cc2ccc(-c3ccccc3)cc2)[C@H]2CS(=O)(=O)C[C@H]21. The van der Waals surface area contributed by atoms with Gasteiger partial charge >= 0.3 is 0 Å². The van der Waals surface area contributed by atoms with Crippen molar-refractivity contribution < 1.29 is 13.2 Å². The Labute approximate surface area is 160 Å². The van der Waals surface area contributed by atoms with E-state index in [0.29, 0.717) is 19.6 Å². The molecule has 2 aromatic rings. The Morgan fingerprint density at radius 2 is 1.56 bits per heavy atom. The molecule has 0 unspecified atom stereocenters. The van der Waals surface area contributed by atoms with Crippen molar-refractivity contribution >= 4 is 15.7 Å². The Bertz CT molecular complexity index is 926. The number of rotatable bonds is 3. The highest BCUT2D eigenvalue weighted by Crippen LogP contribution is 2.29. The van der Waals surface area contributed by atoms with E-state index >= 15 is 0 Å². The van der Waals surface area contributed by atoms with Crippen LogP contribution < -0.4 is 0 Å². The van der Waals surface area contributed by atoms with E-state index in [1.54, 1.807) is 4.90 Å². The van der Waals surface area contributed by atoms with Crippen LogP contribution in [0.15, 0.2) is 54.6 Å². The molecule has 5 nitrogen and oxygen atoms in total. The molecule has 0 saturated carbocycles. The molecule has 27 heavy (non-hydrogen) atoms. The molecule has 2 aliphatic heterocycles. The number of carbonyl (C=O) groups excluding carboxylic acids is 1. The second kappa shape index (κ2) is 7.09. The van der Waals surface area contributed by atoms with Gasteiger partial charge in [-0.05, 0) is 16.7 Å². The minimum absolute atomic E-state index is 0.0334. The molecule has 4 rings (SSSR count). The number of carbonyl (C=O) groups is 1. The number of benzene rings is 2. The highest BCUT2D eigenvalue weighted by molar-refractivity contribution is 7.91. The van der Waals surface area contributed by atoms with Crippen LogP contribution in [0.2, 0.25) is 0 Å². The molecule has 0 radical (unpaired) electrons. The molecule has 2 heterocycles. The molecule has 0 bridgehead atoms. The van der Waals surface area contributed by atoms with Gasteiger partial charge in [-0.25, -0.2) is 8.42 Å². The zero-order chi connectivity index (χ0) is 19.0. The average molecular weight is 385 g/mol. The van der Waals surface area contributed by atoms with Gasteiger partial charge < -0.3 is 4.90 Å². The van der Waals surface area contributed by atoms with Crippen LogP contribution in [-0.2, 0) is 21.2 Å². The van der Waals surface area contributed by atoms with E-state index in [2.05, 4.69) is 41.3 Å². The summed E-state index contributed by atoms with van der Waals surface area (Å²) in [5, 5.41) is 0. The summed E-state index contributed by atoms with van der Waals surface area (Å²) < 4.78 is 24.4. The van der Waals surface area contributed by atoms with Crippen LogP contribution in [0.3, 0.4) is 0 Å². The van der Waals surface area contributed by atoms with Crippen molar-refractivity contribution in [2.24, 2.45) is 0 Å². The van der Waals surface area contributed by atoms with Crippen molar-refractivity contribution in [3.63, 3.8) is 0 Å². The van der Waals surface area contributed by atoms with E-state index < -0.39 is 9.84 Å². The fraction of sp³-hybridized carbons (Fsp3) is 0.381. The topological polar surface area (TPSA) is 57.7 Å². The van der Waals surface area contributed by atoms with Crippen molar-refractivity contribution in [3.8, 4) is 11.1 Å². The Balaban J connectivity index is 1.52. The quantitative estimate of drug-likeness (QED) is 0.814. The number of fused-ring (bicyclic) bond motifs is 1. The molecular formula is C21H24N2O3S. The van der Waals surface area contributed by atoms with Crippen LogP contribution in [0.5, 0.6) is 0 Å². The molecule has 2 aromatic carbocycles. The van der Waals surface area contributed by atoms with Gasteiger partial charge in [-0.15, -0.1) is 0 Å². The molecule has 2 aliphatic rings. The standard InChI is InChI=1S/C21H24N2O3S/c1-16(24)23-12-11-22(20-14-27(25,26)15-21(20)23)13-17-7-9-19(10-8-17)18-5-3-2-4-6-18/h2-10,20-21H,11-15H2,1H3/t20-,21+/m0/s1. The van der Waals surface area contributed by atoms with E-state index in [-0.39, 0.29) is 29.5 Å². The van der Waals surface area contributed by atoms with Gasteiger partial charge in [-0.1, -0.05) is 54.6 Å². The van der Waals surface area contributed by atoms with E-state index in [1.807, 2.05) is 18.2 Å². The summed E-state index contributed by atoms with van der Waals surface area (Å²) in [5.74, 6) is 0.193. The highest BCUT2D eigenvalue weighted by Gasteiger charge is 2.47. The van der Waals surface area contributed by atoms with Crippen molar-refractivity contribution in [2.45, 2.75) is 25.6 Å². The normalized spacial score (nSPS) is 24.6. The molecule has 0 aromatic heterocycles. The Hall–Kier alpha value is -2.18. The minimum Gasteiger partial charge on any atom is -0.336 e. The maximum atomic E-state index is 12.2. The highest BCUT2D eigenvalue weighted by atomic mass is 32.2. The molecule has 6 heteroatoms. The zero-order valence-corrected chi connectivity index (χ0v) is 16.2. The van der Waals surface area contributed by atoms with Crippen molar-refractivity contribution in [2.75, 3.05) is 24.6 Å². The van der Waals surface area contributed by atoms with Crippen LogP contribution in [0.25, 0.3) is 11.1 Å². The predicted molar refractivity (Wildman–Crippen MR) is 106 cm³/mol. The first-order valence-electron chi connectivity index (χ1n) is 9.29. The Morgan fingerprint density at radius 3 is 2.22 bits per heavy atom. The number of nitrogens with zero attached hydrogens (tertiary/aromatic N) is 2. The summed E-state index contributed by atoms with van der Waals surface area (Å²) in [7, 11) is -3.10. The minimum atomic E-state index is -3.10. The molecule has 0 spiro atoms. The number of amides is 1. The lowest BCUT2D eigenvalue weighted by atomic mass is 10.0. The fourth-order valence-electron chi connectivity index (χ4n) is 4.28. The third-order valence-electron chi connectivity index (χ3n) is 5.64. The largest absolute Gasteiger partial charge is 0.336 e. The maximum Gasteiger partial charge on any atom is 0.219 e. The summed E-state index contributed by atoms with van der Waals surface area (Å²) in [5.41, 5.74) is 3.51. The van der Waals surface area contributed by atoms with E-state index in [4.69, 9.17) is 0 Å². The average Bonchev–Trinajstić information content (AvgIpc) is 2.98. The molecule has 0 N–H and O–H groups in total. The third kappa shape index (κ3) is 3.77. The Morgan fingerprint density at radius 1 is 0.926 bits per heavy atom. The first-order valence-corrected chi connectivity index (χ1v) is 11.1. The number of hydrogen-bond donors (Lipinski definition) is 0. The summed E-state index contributed by atoms with van der Waals surface area (Å²) in [6.45, 7) is 3.53. The van der Waals surface area contributed by atoms with Gasteiger partial charge in [-0.2, -0.15) is 0 Å². The predicted octanol–water partition coefficient (Wildman–Crippen LogP) is 2.18. The van der Waals surface area contributed by atoms with E-state index in [9.17, 15) is 13.2 Å². The second-order valence-electron chi connectivity index (χ2n) is 7.46. The molecule has 142 valence electrons. The van der Waals surface area contributed by atoms with Gasteiger partial charge in [0.1, 0.15) is 0 Å². The van der Waals surface area contributed by atoms with Crippen LogP contribution in [-0.4, -0.2) is 60.8 Å². The van der Waals surface area contributed by atoms with Crippen LogP contribution in [0, 0.1) is 0 Å². The summed E-state index contributed by atoms with van der Waals surface area (Å²) in [4.78, 5) is 15.9. The summed E-state index contributed by atoms with van der Waals surface area (Å²) in [6.07, 6.45) is 0. The molecule has 2 saturated heterocycles. The molecule has 2 fully saturated rings. The third-order valence-corrected chi connectivity index (χ3v) is 7.34. The Kier molecular flexibility index (Phi) is 4.78. The number of sulfone groups is 1. The molecule has 1 amide bonds. The summed E-state index contributed by atoms with van der Waals surface area (Å²) >= 11 is 0. The van der Waals surface area contributed by atoms with Crippen LogP contribution >= 0.6 is 0 Å². The van der Waals surface area contributed by atoms with E-state index in [1.165, 1.54) is 18.1 Å². The number of piperazine rings is 1. The maximum absolute atomic E-state index is 12.2. The van der Waals surface area contributed by atoms with Gasteiger partial charge in [0, 0.05) is 32.6 Å². The molecular weight excluding hydrogens is 360 g/mol. The lowest BCUT2D eigenvalue weighted by Crippen LogP contribution is -2.59. The van der Waals surface area contributed by atoms with Crippen molar-refractivity contribution in [1.29, 1.82) is 0 Å². The van der Waals surface area contributed by atoms with Crippen molar-refractivity contribution in [3.05, 3.63) is 60.2 Å². The first-order chi connectivity index (χ1) is 12.9. The van der Waals surface area contributed by atoms with Gasteiger partial charge in [0.05, 0.1) is 17.5 Å². The monoisotopic (exact) mass is 384 g/mol. The van der Waals surface area contributed by atoms with Gasteiger partial charge in [0.2, 0.25) is 5.91 Å². The lowest BCUT2D eigenvalue weighted by molar-refractivity contribution is -0.134. The zero-order valence-electron chi connectivity index (χ0n) is 15.4. The smallest absolute Gasteiger partial charge is 0.219 e. The fourth-order valence-corrected chi connectivity index (χ4v) is 6.29. The lowest BCUT2D eigenvalue weighted by Gasteiger charge is -2.43. The molecule has 2 atom stereocenters. The van der Waals surface area contributed by atoms with Crippen LogP contribution in [0.1, 0.15) is 12.5 Å².